The second-order valence-electron chi connectivity index (χ2n) is 6.85. The zero-order valence-corrected chi connectivity index (χ0v) is 13.8. The Morgan fingerprint density at radius 1 is 1.33 bits per heavy atom. The minimum absolute atomic E-state index is 0.307. The van der Waals surface area contributed by atoms with Crippen LogP contribution in [0.15, 0.2) is 18.3 Å². The van der Waals surface area contributed by atoms with Crippen LogP contribution in [-0.4, -0.2) is 39.0 Å². The normalized spacial score (nSPS) is 21.9. The van der Waals surface area contributed by atoms with Crippen molar-refractivity contribution >= 4 is 6.09 Å². The van der Waals surface area contributed by atoms with Crippen LogP contribution in [0.25, 0.3) is 0 Å². The van der Waals surface area contributed by atoms with E-state index in [4.69, 9.17) is 4.74 Å². The molecular weight excluding hydrogens is 325 g/mol. The number of hydrogen-bond donors (Lipinski definition) is 1. The Labute approximate surface area is 138 Å². The lowest BCUT2D eigenvalue weighted by molar-refractivity contribution is -0.141. The van der Waals surface area contributed by atoms with Crippen LogP contribution in [0.3, 0.4) is 0 Å². The molecule has 1 aromatic rings. The topological polar surface area (TPSA) is 62.7 Å². The third kappa shape index (κ3) is 4.59. The number of pyridine rings is 1. The van der Waals surface area contributed by atoms with E-state index < -0.39 is 29.8 Å². The van der Waals surface area contributed by atoms with Crippen LogP contribution < -0.4 is 0 Å². The van der Waals surface area contributed by atoms with Crippen molar-refractivity contribution in [1.29, 1.82) is 0 Å². The van der Waals surface area contributed by atoms with E-state index in [0.717, 1.165) is 12.3 Å². The van der Waals surface area contributed by atoms with Crippen molar-refractivity contribution in [2.75, 3.05) is 0 Å². The Hall–Kier alpha value is -1.83. The predicted octanol–water partition coefficient (Wildman–Crippen LogP) is 3.36. The Morgan fingerprint density at radius 3 is 2.50 bits per heavy atom. The summed E-state index contributed by atoms with van der Waals surface area (Å²) in [5, 5.41) is 10.0. The molecule has 0 radical (unpaired) electrons. The fourth-order valence-electron chi connectivity index (χ4n) is 2.63. The predicted molar refractivity (Wildman–Crippen MR) is 80.0 cm³/mol. The first-order valence-corrected chi connectivity index (χ1v) is 7.69. The van der Waals surface area contributed by atoms with Crippen molar-refractivity contribution in [3.05, 3.63) is 29.6 Å². The summed E-state index contributed by atoms with van der Waals surface area (Å²) in [6.07, 6.45) is -3.66. The number of carbonyl (C=O) groups excluding carboxylic acids is 1. The summed E-state index contributed by atoms with van der Waals surface area (Å²) in [6.45, 7) is 5.17. The molecule has 134 valence electrons. The molecule has 0 aliphatic carbocycles. The van der Waals surface area contributed by atoms with Crippen molar-refractivity contribution in [2.24, 2.45) is 0 Å². The largest absolute Gasteiger partial charge is 0.444 e. The summed E-state index contributed by atoms with van der Waals surface area (Å²) in [5.41, 5.74) is -1.09. The second kappa shape index (κ2) is 6.58. The van der Waals surface area contributed by atoms with Crippen molar-refractivity contribution < 1.29 is 27.8 Å². The zero-order chi connectivity index (χ0) is 18.1. The van der Waals surface area contributed by atoms with Gasteiger partial charge in [0, 0.05) is 12.2 Å². The minimum atomic E-state index is -4.48. The van der Waals surface area contributed by atoms with Gasteiger partial charge in [-0.3, -0.25) is 9.88 Å². The number of ether oxygens (including phenoxy) is 1. The molecule has 1 fully saturated rings. The number of hydrogen-bond acceptors (Lipinski definition) is 4. The Kier molecular flexibility index (Phi) is 5.08. The highest BCUT2D eigenvalue weighted by molar-refractivity contribution is 5.69. The van der Waals surface area contributed by atoms with E-state index in [9.17, 15) is 23.1 Å². The van der Waals surface area contributed by atoms with Crippen LogP contribution in [0.2, 0.25) is 0 Å². The molecule has 1 unspecified atom stereocenters. The lowest BCUT2D eigenvalue weighted by Crippen LogP contribution is -2.45. The number of carbonyl (C=O) groups is 1. The van der Waals surface area contributed by atoms with E-state index in [1.807, 2.05) is 0 Å². The van der Waals surface area contributed by atoms with Gasteiger partial charge in [-0.15, -0.1) is 0 Å². The first kappa shape index (κ1) is 18.5. The van der Waals surface area contributed by atoms with Crippen molar-refractivity contribution in [1.82, 2.24) is 9.88 Å². The SMILES string of the molecule is CC(C)(C)OC(=O)N1C(O)CC[C@H]1Cc1ccc(C(F)(F)F)nc1. The number of aliphatic hydroxyl groups excluding tert-OH is 1. The number of alkyl halides is 3. The average molecular weight is 346 g/mol. The van der Waals surface area contributed by atoms with E-state index in [-0.39, 0.29) is 6.04 Å². The molecular formula is C16H21F3N2O3. The van der Waals surface area contributed by atoms with E-state index in [0.29, 0.717) is 24.8 Å². The van der Waals surface area contributed by atoms with Crippen LogP contribution in [0.4, 0.5) is 18.0 Å². The summed E-state index contributed by atoms with van der Waals surface area (Å²) in [5.74, 6) is 0. The number of aliphatic hydroxyl groups is 1. The lowest BCUT2D eigenvalue weighted by Gasteiger charge is -2.30. The molecule has 2 heterocycles. The van der Waals surface area contributed by atoms with E-state index >= 15 is 0 Å². The van der Waals surface area contributed by atoms with Gasteiger partial charge in [-0.2, -0.15) is 13.2 Å². The Morgan fingerprint density at radius 2 is 2.00 bits per heavy atom. The second-order valence-corrected chi connectivity index (χ2v) is 6.85. The molecule has 1 aromatic heterocycles. The number of nitrogens with zero attached hydrogens (tertiary/aromatic N) is 2. The maximum absolute atomic E-state index is 12.5. The van der Waals surface area contributed by atoms with Gasteiger partial charge in [-0.1, -0.05) is 6.07 Å². The molecule has 5 nitrogen and oxygen atoms in total. The molecule has 2 atom stereocenters. The standard InChI is InChI=1S/C16H21F3N2O3/c1-15(2,3)24-14(23)21-11(5-7-13(21)22)8-10-4-6-12(20-9-10)16(17,18)19/h4,6,9,11,13,22H,5,7-8H2,1-3H3/t11-,13?/m0/s1. The fourth-order valence-corrected chi connectivity index (χ4v) is 2.63. The number of rotatable bonds is 2. The quantitative estimate of drug-likeness (QED) is 0.892. The molecule has 0 bridgehead atoms. The smallest absolute Gasteiger partial charge is 0.433 e. The van der Waals surface area contributed by atoms with Crippen molar-refractivity contribution in [2.45, 2.75) is 64.1 Å². The molecule has 0 saturated carbocycles. The number of aromatic nitrogens is 1. The molecule has 8 heteroatoms. The molecule has 24 heavy (non-hydrogen) atoms. The van der Waals surface area contributed by atoms with Crippen LogP contribution in [0, 0.1) is 0 Å². The highest BCUT2D eigenvalue weighted by atomic mass is 19.4. The van der Waals surface area contributed by atoms with Gasteiger partial charge < -0.3 is 9.84 Å². The van der Waals surface area contributed by atoms with Crippen LogP contribution >= 0.6 is 0 Å². The fraction of sp³-hybridized carbons (Fsp3) is 0.625. The summed E-state index contributed by atoms with van der Waals surface area (Å²) >= 11 is 0. The number of amides is 1. The molecule has 0 aromatic carbocycles. The van der Waals surface area contributed by atoms with Gasteiger partial charge in [0.2, 0.25) is 0 Å². The van der Waals surface area contributed by atoms with Crippen molar-refractivity contribution in [3.8, 4) is 0 Å². The van der Waals surface area contributed by atoms with Gasteiger partial charge >= 0.3 is 12.3 Å². The first-order valence-electron chi connectivity index (χ1n) is 7.69. The summed E-state index contributed by atoms with van der Waals surface area (Å²) < 4.78 is 42.9. The zero-order valence-electron chi connectivity index (χ0n) is 13.8. The van der Waals surface area contributed by atoms with E-state index in [1.165, 1.54) is 11.0 Å². The summed E-state index contributed by atoms with van der Waals surface area (Å²) in [6, 6.07) is 1.92. The highest BCUT2D eigenvalue weighted by Crippen LogP contribution is 2.29. The maximum Gasteiger partial charge on any atom is 0.433 e. The molecule has 1 aliphatic rings. The Bertz CT molecular complexity index is 582. The summed E-state index contributed by atoms with van der Waals surface area (Å²) in [7, 11) is 0. The van der Waals surface area contributed by atoms with E-state index in [1.54, 1.807) is 20.8 Å². The number of halogens is 3. The van der Waals surface area contributed by atoms with Crippen LogP contribution in [-0.2, 0) is 17.3 Å². The van der Waals surface area contributed by atoms with Gasteiger partial charge in [0.05, 0.1) is 0 Å². The van der Waals surface area contributed by atoms with Gasteiger partial charge in [0.25, 0.3) is 0 Å². The molecule has 1 aliphatic heterocycles. The third-order valence-corrected chi connectivity index (χ3v) is 3.66. The lowest BCUT2D eigenvalue weighted by atomic mass is 10.1. The molecule has 1 saturated heterocycles. The van der Waals surface area contributed by atoms with Gasteiger partial charge in [-0.25, -0.2) is 4.79 Å². The van der Waals surface area contributed by atoms with E-state index in [2.05, 4.69) is 4.98 Å². The molecule has 2 rings (SSSR count). The van der Waals surface area contributed by atoms with Gasteiger partial charge in [0.15, 0.2) is 0 Å². The monoisotopic (exact) mass is 346 g/mol. The average Bonchev–Trinajstić information content (AvgIpc) is 2.77. The van der Waals surface area contributed by atoms with Crippen LogP contribution in [0.1, 0.15) is 44.9 Å². The third-order valence-electron chi connectivity index (χ3n) is 3.66. The van der Waals surface area contributed by atoms with Crippen LogP contribution in [0.5, 0.6) is 0 Å². The first-order chi connectivity index (χ1) is 11.0. The molecule has 1 amide bonds. The summed E-state index contributed by atoms with van der Waals surface area (Å²) in [4.78, 5) is 16.9. The van der Waals surface area contributed by atoms with Gasteiger partial charge in [-0.05, 0) is 51.7 Å². The van der Waals surface area contributed by atoms with Crippen molar-refractivity contribution in [3.63, 3.8) is 0 Å². The number of likely N-dealkylation sites (tertiary alicyclic amines) is 1. The molecule has 1 N–H and O–H groups in total. The maximum atomic E-state index is 12.5. The Balaban J connectivity index is 2.09. The highest BCUT2D eigenvalue weighted by Gasteiger charge is 2.38. The van der Waals surface area contributed by atoms with Gasteiger partial charge in [0.1, 0.15) is 17.5 Å². The minimum Gasteiger partial charge on any atom is -0.444 e. The molecule has 0 spiro atoms.